The first-order chi connectivity index (χ1) is 3.68. The molecule has 0 aliphatic heterocycles. The normalized spacial score (nSPS) is 9.78. The Hall–Kier alpha value is 0.324. The molecule has 43 valence electrons. The quantitative estimate of drug-likeness (QED) is 0.411. The summed E-state index contributed by atoms with van der Waals surface area (Å²) in [7, 11) is 6.64. The molecule has 0 fully saturated rings. The summed E-state index contributed by atoms with van der Waals surface area (Å²) in [5, 5.41) is 0. The molecular formula is C6H9B2Ti. The minimum atomic E-state index is 0. The number of rotatable bonds is 2. The molecule has 0 saturated heterocycles. The number of allylic oxidation sites excluding steroid dienone is 2. The fourth-order valence-electron chi connectivity index (χ4n) is 0.287. The van der Waals surface area contributed by atoms with Gasteiger partial charge in [-0.05, 0) is 13.8 Å². The van der Waals surface area contributed by atoms with Crippen molar-refractivity contribution in [2.24, 2.45) is 0 Å². The zero-order chi connectivity index (χ0) is 6.57. The van der Waals surface area contributed by atoms with Crippen molar-refractivity contribution in [3.63, 3.8) is 0 Å². The van der Waals surface area contributed by atoms with Gasteiger partial charge in [0.05, 0.1) is 7.17 Å². The molecule has 0 saturated carbocycles. The van der Waals surface area contributed by atoms with Gasteiger partial charge >= 0.3 is 0 Å². The molecule has 0 nitrogen and oxygen atoms in total. The molecular weight excluding hydrogens is 142 g/mol. The maximum Gasteiger partial charge on any atom is 0.0859 e. The summed E-state index contributed by atoms with van der Waals surface area (Å²) in [5.41, 5.74) is 2.19. The third-order valence-corrected chi connectivity index (χ3v) is 1.02. The van der Waals surface area contributed by atoms with E-state index < -0.39 is 0 Å². The molecule has 0 aliphatic rings. The Labute approximate surface area is 74.3 Å². The third kappa shape index (κ3) is 6.21. The van der Waals surface area contributed by atoms with Gasteiger partial charge in [-0.3, -0.25) is 0 Å². The van der Waals surface area contributed by atoms with Crippen LogP contribution in [0.2, 0.25) is 0 Å². The van der Waals surface area contributed by atoms with E-state index >= 15 is 0 Å². The molecule has 9 heavy (non-hydrogen) atoms. The van der Waals surface area contributed by atoms with Gasteiger partial charge in [0, 0.05) is 29.5 Å². The first kappa shape index (κ1) is 12.0. The van der Waals surface area contributed by atoms with E-state index in [9.17, 15) is 0 Å². The fraction of sp³-hybridized carbons (Fsp3) is 0.333. The molecule has 0 N–H and O–H groups in total. The number of hydrogen-bond donors (Lipinski definition) is 0. The topological polar surface area (TPSA) is 0 Å². The largest absolute Gasteiger partial charge is 0.130 e. The zero-order valence-electron chi connectivity index (χ0n) is 5.94. The SMILES string of the molecule is [B][B]C=C(C)C(=C)C.[Ti]. The minimum absolute atomic E-state index is 0. The van der Waals surface area contributed by atoms with Crippen LogP contribution in [0.5, 0.6) is 0 Å². The van der Waals surface area contributed by atoms with Crippen LogP contribution >= 0.6 is 0 Å². The van der Waals surface area contributed by atoms with Crippen LogP contribution in [0, 0.1) is 0 Å². The van der Waals surface area contributed by atoms with Crippen LogP contribution in [0.25, 0.3) is 0 Å². The van der Waals surface area contributed by atoms with E-state index in [0.29, 0.717) is 0 Å². The molecule has 0 aromatic rings. The van der Waals surface area contributed by atoms with Crippen molar-refractivity contribution >= 4 is 14.9 Å². The molecule has 0 heterocycles. The summed E-state index contributed by atoms with van der Waals surface area (Å²) in [5.74, 6) is 1.84. The Balaban J connectivity index is 0. The first-order valence-electron chi connectivity index (χ1n) is 2.56. The van der Waals surface area contributed by atoms with Crippen molar-refractivity contribution in [1.29, 1.82) is 0 Å². The maximum atomic E-state index is 5.12. The second-order valence-electron chi connectivity index (χ2n) is 1.82. The summed E-state index contributed by atoms with van der Waals surface area (Å²) in [6.07, 6.45) is 0. The average Bonchev–Trinajstić information content (AvgIpc) is 1.67. The standard InChI is InChI=1S/C6H9B2.Ti/c1-5(2)6(3)4-8-7;/h4H,1H2,2-3H3;. The van der Waals surface area contributed by atoms with Crippen LogP contribution in [-0.2, 0) is 21.7 Å². The van der Waals surface area contributed by atoms with Crippen molar-refractivity contribution in [2.45, 2.75) is 13.8 Å². The Morgan fingerprint density at radius 3 is 2.11 bits per heavy atom. The summed E-state index contributed by atoms with van der Waals surface area (Å²) in [6, 6.07) is 0. The molecule has 0 spiro atoms. The van der Waals surface area contributed by atoms with Gasteiger partial charge in [0.2, 0.25) is 0 Å². The minimum Gasteiger partial charge on any atom is -0.130 e. The molecule has 0 aromatic heterocycles. The summed E-state index contributed by atoms with van der Waals surface area (Å²) in [6.45, 7) is 7.66. The van der Waals surface area contributed by atoms with Gasteiger partial charge in [0.15, 0.2) is 0 Å². The predicted molar refractivity (Wildman–Crippen MR) is 40.1 cm³/mol. The molecule has 0 atom stereocenters. The molecule has 0 aromatic carbocycles. The maximum absolute atomic E-state index is 5.12. The molecule has 0 rings (SSSR count). The molecule has 3 heteroatoms. The summed E-state index contributed by atoms with van der Waals surface area (Å²) in [4.78, 5) is 0. The van der Waals surface area contributed by atoms with Crippen LogP contribution < -0.4 is 0 Å². The van der Waals surface area contributed by atoms with Gasteiger partial charge in [-0.25, -0.2) is 0 Å². The van der Waals surface area contributed by atoms with Gasteiger partial charge in [0.25, 0.3) is 0 Å². The van der Waals surface area contributed by atoms with Crippen LogP contribution in [-0.4, -0.2) is 14.9 Å². The van der Waals surface area contributed by atoms with Crippen LogP contribution in [0.1, 0.15) is 13.8 Å². The van der Waals surface area contributed by atoms with Crippen molar-refractivity contribution in [3.05, 3.63) is 23.7 Å². The molecule has 0 aliphatic carbocycles. The van der Waals surface area contributed by atoms with Crippen LogP contribution in [0.4, 0.5) is 0 Å². The van der Waals surface area contributed by atoms with Gasteiger partial charge in [-0.1, -0.05) is 17.7 Å². The Morgan fingerprint density at radius 1 is 1.56 bits per heavy atom. The predicted octanol–water partition coefficient (Wildman–Crippen LogP) is 1.25. The monoisotopic (exact) mass is 151 g/mol. The van der Waals surface area contributed by atoms with E-state index in [1.807, 2.05) is 19.8 Å². The van der Waals surface area contributed by atoms with Gasteiger partial charge in [-0.2, -0.15) is 0 Å². The molecule has 0 unspecified atom stereocenters. The van der Waals surface area contributed by atoms with Crippen molar-refractivity contribution < 1.29 is 21.7 Å². The smallest absolute Gasteiger partial charge is 0.0859 e. The van der Waals surface area contributed by atoms with E-state index in [1.54, 1.807) is 0 Å². The zero-order valence-corrected chi connectivity index (χ0v) is 7.50. The van der Waals surface area contributed by atoms with Gasteiger partial charge in [-0.15, -0.1) is 5.98 Å². The molecule has 3 radical (unpaired) electrons. The van der Waals surface area contributed by atoms with Crippen LogP contribution in [0.3, 0.4) is 0 Å². The third-order valence-electron chi connectivity index (χ3n) is 1.02. The molecule has 0 amide bonds. The van der Waals surface area contributed by atoms with E-state index in [2.05, 4.69) is 6.58 Å². The van der Waals surface area contributed by atoms with Gasteiger partial charge < -0.3 is 0 Å². The van der Waals surface area contributed by atoms with Crippen molar-refractivity contribution in [1.82, 2.24) is 0 Å². The summed E-state index contributed by atoms with van der Waals surface area (Å²) >= 11 is 0. The van der Waals surface area contributed by atoms with Gasteiger partial charge in [0.1, 0.15) is 0 Å². The van der Waals surface area contributed by atoms with E-state index in [4.69, 9.17) is 7.74 Å². The average molecular weight is 151 g/mol. The van der Waals surface area contributed by atoms with E-state index in [1.165, 1.54) is 7.17 Å². The Morgan fingerprint density at radius 2 is 2.00 bits per heavy atom. The number of hydrogen-bond acceptors (Lipinski definition) is 0. The Bertz CT molecular complexity index is 118. The second kappa shape index (κ2) is 6.44. The van der Waals surface area contributed by atoms with E-state index in [0.717, 1.165) is 11.1 Å². The summed E-state index contributed by atoms with van der Waals surface area (Å²) < 4.78 is 0. The molecule has 0 bridgehead atoms. The van der Waals surface area contributed by atoms with Crippen molar-refractivity contribution in [2.75, 3.05) is 0 Å². The second-order valence-corrected chi connectivity index (χ2v) is 1.82. The van der Waals surface area contributed by atoms with E-state index in [-0.39, 0.29) is 21.7 Å². The van der Waals surface area contributed by atoms with Crippen LogP contribution in [0.15, 0.2) is 23.7 Å². The Kier molecular flexibility index (Phi) is 8.62. The first-order valence-corrected chi connectivity index (χ1v) is 2.56. The fourth-order valence-corrected chi connectivity index (χ4v) is 0.287. The van der Waals surface area contributed by atoms with Crippen molar-refractivity contribution in [3.8, 4) is 0 Å².